The zero-order valence-electron chi connectivity index (χ0n) is 30.2. The van der Waals surface area contributed by atoms with Gasteiger partial charge in [0, 0.05) is 56.6 Å². The Bertz CT molecular complexity index is 1740. The van der Waals surface area contributed by atoms with Crippen LogP contribution in [0.25, 0.3) is 5.57 Å². The van der Waals surface area contributed by atoms with E-state index in [-0.39, 0.29) is 23.6 Å². The van der Waals surface area contributed by atoms with Crippen molar-refractivity contribution in [1.29, 1.82) is 5.41 Å². The highest BCUT2D eigenvalue weighted by atomic mass is 16.5. The lowest BCUT2D eigenvalue weighted by atomic mass is 9.98. The van der Waals surface area contributed by atoms with Gasteiger partial charge >= 0.3 is 0 Å². The van der Waals surface area contributed by atoms with Gasteiger partial charge in [0.2, 0.25) is 18.2 Å². The molecule has 5 N–H and O–H groups in total. The average molecular weight is 695 g/mol. The first-order valence-corrected chi connectivity index (χ1v) is 17.3. The minimum Gasteiger partial charge on any atom is -0.475 e. The Morgan fingerprint density at radius 2 is 1.86 bits per heavy atom. The van der Waals surface area contributed by atoms with E-state index in [1.54, 1.807) is 47.3 Å². The molecule has 270 valence electrons. The number of amidine groups is 1. The lowest BCUT2D eigenvalue weighted by Crippen LogP contribution is -2.38. The molecule has 13 heteroatoms. The number of hydrogen-bond donors (Lipinski definition) is 3. The van der Waals surface area contributed by atoms with Gasteiger partial charge in [0.05, 0.1) is 23.4 Å². The number of rotatable bonds is 12. The van der Waals surface area contributed by atoms with Crippen molar-refractivity contribution >= 4 is 47.3 Å². The van der Waals surface area contributed by atoms with Crippen molar-refractivity contribution < 1.29 is 14.3 Å². The molecule has 0 radical (unpaired) electrons. The highest BCUT2D eigenvalue weighted by molar-refractivity contribution is 6.12. The standard InChI is InChI=1S/C23H32N6O2.C15H18N4O/c1-5-28-12-11-17(14-28)23(30)29(6-2)19-9-8-18(24)22(27-19)21(25)16-7-10-20(26-13-16)31-15(3)4;1-17-10-18-15(16)14-4-2-12(3-5-14)13-6-8-19(11-20)9-7-13/h7-10,13,15,17,25H,5-6,11-12,14,24H2,1-4H3;2-6,10-11H,7-9H2,1H3,(H2,16,17,18). The molecule has 2 aliphatic rings. The first-order valence-electron chi connectivity index (χ1n) is 17.3. The quantitative estimate of drug-likeness (QED) is 0.143. The van der Waals surface area contributed by atoms with Crippen molar-refractivity contribution in [3.63, 3.8) is 0 Å². The van der Waals surface area contributed by atoms with Gasteiger partial charge in [-0.1, -0.05) is 37.3 Å². The molecule has 0 saturated carbocycles. The topological polar surface area (TPSA) is 179 Å². The average Bonchev–Trinajstić information content (AvgIpc) is 3.65. The summed E-state index contributed by atoms with van der Waals surface area (Å²) in [6.45, 7) is 12.5. The van der Waals surface area contributed by atoms with Crippen LogP contribution in [-0.4, -0.2) is 102 Å². The van der Waals surface area contributed by atoms with Crippen LogP contribution in [0.4, 0.5) is 11.5 Å². The fourth-order valence-electron chi connectivity index (χ4n) is 5.85. The number of nitrogen functional groups attached to an aromatic ring is 1. The summed E-state index contributed by atoms with van der Waals surface area (Å²) in [5.74, 6) is 1.52. The Morgan fingerprint density at radius 1 is 1.12 bits per heavy atom. The predicted octanol–water partition coefficient (Wildman–Crippen LogP) is 4.25. The van der Waals surface area contributed by atoms with E-state index in [1.165, 1.54) is 11.9 Å². The molecule has 2 aromatic heterocycles. The van der Waals surface area contributed by atoms with Gasteiger partial charge in [-0.25, -0.2) is 15.0 Å². The number of ether oxygens (including phenoxy) is 1. The normalized spacial score (nSPS) is 16.4. The Hall–Kier alpha value is -5.43. The molecule has 2 amide bonds. The number of pyridine rings is 2. The molecule has 2 aliphatic heterocycles. The van der Waals surface area contributed by atoms with E-state index in [4.69, 9.17) is 21.6 Å². The number of benzene rings is 1. The van der Waals surface area contributed by atoms with E-state index < -0.39 is 0 Å². The van der Waals surface area contributed by atoms with Crippen LogP contribution in [0.5, 0.6) is 5.88 Å². The molecule has 0 bridgehead atoms. The van der Waals surface area contributed by atoms with E-state index in [1.807, 2.05) is 45.0 Å². The van der Waals surface area contributed by atoms with Crippen molar-refractivity contribution in [2.45, 2.75) is 46.6 Å². The number of aliphatic imine (C=N–C) groups is 2. The number of anilines is 2. The zero-order chi connectivity index (χ0) is 36.9. The Kier molecular flexibility index (Phi) is 13.9. The minimum atomic E-state index is -0.0279. The first kappa shape index (κ1) is 38.4. The van der Waals surface area contributed by atoms with Gasteiger partial charge < -0.3 is 26.0 Å². The second kappa shape index (κ2) is 18.5. The number of carbonyl (C=O) groups is 2. The summed E-state index contributed by atoms with van der Waals surface area (Å²) in [7, 11) is 1.65. The Labute approximate surface area is 300 Å². The molecule has 1 aromatic carbocycles. The summed E-state index contributed by atoms with van der Waals surface area (Å²) in [6.07, 6.45) is 7.75. The summed E-state index contributed by atoms with van der Waals surface area (Å²) in [5, 5.41) is 8.61. The molecule has 51 heavy (non-hydrogen) atoms. The van der Waals surface area contributed by atoms with Crippen molar-refractivity contribution in [2.75, 3.05) is 56.9 Å². The number of carbonyl (C=O) groups excluding carboxylic acids is 2. The fraction of sp³-hybridized carbons (Fsp3) is 0.395. The molecule has 4 heterocycles. The summed E-state index contributed by atoms with van der Waals surface area (Å²) >= 11 is 0. The van der Waals surface area contributed by atoms with E-state index in [9.17, 15) is 9.59 Å². The molecule has 1 unspecified atom stereocenters. The maximum Gasteiger partial charge on any atom is 0.232 e. The minimum absolute atomic E-state index is 0.0219. The van der Waals surface area contributed by atoms with Gasteiger partial charge in [0.15, 0.2) is 0 Å². The molecule has 0 aliphatic carbocycles. The number of hydrogen-bond acceptors (Lipinski definition) is 9. The van der Waals surface area contributed by atoms with Crippen molar-refractivity contribution in [2.24, 2.45) is 21.6 Å². The Morgan fingerprint density at radius 3 is 2.43 bits per heavy atom. The smallest absolute Gasteiger partial charge is 0.232 e. The van der Waals surface area contributed by atoms with E-state index in [2.05, 4.69) is 37.9 Å². The van der Waals surface area contributed by atoms with Gasteiger partial charge in [0.25, 0.3) is 0 Å². The molecule has 1 saturated heterocycles. The summed E-state index contributed by atoms with van der Waals surface area (Å²) in [5.41, 5.74) is 16.7. The Balaban J connectivity index is 0.000000251. The van der Waals surface area contributed by atoms with Gasteiger partial charge in [0.1, 0.15) is 23.7 Å². The van der Waals surface area contributed by atoms with E-state index in [0.717, 1.165) is 56.6 Å². The number of nitrogens with two attached hydrogens (primary N) is 2. The summed E-state index contributed by atoms with van der Waals surface area (Å²) in [6, 6.07) is 14.9. The number of likely N-dealkylation sites (tertiary alicyclic amines) is 1. The van der Waals surface area contributed by atoms with Crippen LogP contribution in [0.2, 0.25) is 0 Å². The zero-order valence-corrected chi connectivity index (χ0v) is 30.2. The molecule has 3 aromatic rings. The molecular weight excluding hydrogens is 644 g/mol. The van der Waals surface area contributed by atoms with Crippen LogP contribution < -0.4 is 21.1 Å². The summed E-state index contributed by atoms with van der Waals surface area (Å²) in [4.78, 5) is 46.2. The third kappa shape index (κ3) is 10.3. The number of nitrogens with zero attached hydrogens (tertiary/aromatic N) is 7. The first-order chi connectivity index (χ1) is 24.6. The van der Waals surface area contributed by atoms with Crippen molar-refractivity contribution in [1.82, 2.24) is 19.8 Å². The highest BCUT2D eigenvalue weighted by Gasteiger charge is 2.31. The van der Waals surface area contributed by atoms with Crippen LogP contribution in [0.1, 0.15) is 62.9 Å². The maximum absolute atomic E-state index is 13.2. The monoisotopic (exact) mass is 694 g/mol. The van der Waals surface area contributed by atoms with Crippen LogP contribution >= 0.6 is 0 Å². The second-order valence-electron chi connectivity index (χ2n) is 12.5. The van der Waals surface area contributed by atoms with Crippen LogP contribution in [0.15, 0.2) is 70.8 Å². The largest absolute Gasteiger partial charge is 0.475 e. The SMILES string of the molecule is CCN1CCC(C(=O)N(CC)c2ccc(N)c(C(=N)c3ccc(OC(C)C)nc3)n2)C1.CN=CN=C(N)c1ccc(C2=CCN(C=O)CC2)cc1. The van der Waals surface area contributed by atoms with Crippen molar-refractivity contribution in [3.8, 4) is 5.88 Å². The fourth-order valence-corrected chi connectivity index (χ4v) is 5.85. The lowest BCUT2D eigenvalue weighted by molar-refractivity contribution is -0.122. The van der Waals surface area contributed by atoms with E-state index in [0.29, 0.717) is 47.6 Å². The van der Waals surface area contributed by atoms with Gasteiger partial charge in [-0.2, -0.15) is 0 Å². The van der Waals surface area contributed by atoms with Gasteiger partial charge in [-0.15, -0.1) is 0 Å². The lowest BCUT2D eigenvalue weighted by Gasteiger charge is -2.24. The third-order valence-corrected chi connectivity index (χ3v) is 8.71. The third-order valence-electron chi connectivity index (χ3n) is 8.71. The van der Waals surface area contributed by atoms with Crippen LogP contribution in [0, 0.1) is 11.3 Å². The molecular formula is C38H50N10O3. The summed E-state index contributed by atoms with van der Waals surface area (Å²) < 4.78 is 5.56. The van der Waals surface area contributed by atoms with E-state index >= 15 is 0 Å². The molecule has 1 fully saturated rings. The second-order valence-corrected chi connectivity index (χ2v) is 12.5. The maximum atomic E-state index is 13.2. The van der Waals surface area contributed by atoms with Crippen LogP contribution in [-0.2, 0) is 9.59 Å². The van der Waals surface area contributed by atoms with Crippen molar-refractivity contribution in [3.05, 3.63) is 83.2 Å². The molecule has 5 rings (SSSR count). The number of aromatic nitrogens is 2. The predicted molar refractivity (Wildman–Crippen MR) is 205 cm³/mol. The number of nitrogens with one attached hydrogen (secondary N) is 1. The molecule has 13 nitrogen and oxygen atoms in total. The molecule has 1 atom stereocenters. The van der Waals surface area contributed by atoms with Gasteiger partial charge in [-0.05, 0) is 76.0 Å². The van der Waals surface area contributed by atoms with Gasteiger partial charge in [-0.3, -0.25) is 24.9 Å². The highest BCUT2D eigenvalue weighted by Crippen LogP contribution is 2.25. The van der Waals surface area contributed by atoms with Crippen LogP contribution in [0.3, 0.4) is 0 Å². The number of amides is 2. The molecule has 0 spiro atoms.